The van der Waals surface area contributed by atoms with E-state index in [-0.39, 0.29) is 49.2 Å². The molecule has 2 amide bonds. The molecule has 1 aliphatic heterocycles. The Labute approximate surface area is 203 Å². The third kappa shape index (κ3) is 6.76. The maximum absolute atomic E-state index is 13.2. The van der Waals surface area contributed by atoms with Gasteiger partial charge in [-0.1, -0.05) is 17.7 Å². The molecule has 33 heavy (non-hydrogen) atoms. The second-order valence-electron chi connectivity index (χ2n) is 9.34. The number of carbonyl (C=O) groups excluding carboxylic acids is 2. The largest absolute Gasteiger partial charge is 0.454 e. The zero-order valence-electron chi connectivity index (χ0n) is 21.0. The van der Waals surface area contributed by atoms with Crippen LogP contribution in [0.15, 0.2) is 35.9 Å². The molecule has 0 bridgehead atoms. The number of rotatable bonds is 9. The number of benzene rings is 1. The Bertz CT molecular complexity index is 903. The fraction of sp³-hybridized carbons (Fsp3) is 0.538. The van der Waals surface area contributed by atoms with Gasteiger partial charge in [-0.15, -0.1) is 0 Å². The highest BCUT2D eigenvalue weighted by Gasteiger charge is 2.23. The van der Waals surface area contributed by atoms with Gasteiger partial charge in [0, 0.05) is 30.2 Å². The van der Waals surface area contributed by atoms with E-state index in [0.717, 1.165) is 0 Å². The SMILES string of the molecule is CC(C)N(C(=O)/C=C/C(CC(=O)N(C(C)C)C(C)C)=C(\Cl)c1ccc2c(c1)OCO2)C(C)C. The van der Waals surface area contributed by atoms with Crippen molar-refractivity contribution in [3.63, 3.8) is 0 Å². The monoisotopic (exact) mass is 476 g/mol. The molecule has 182 valence electrons. The fourth-order valence-corrected chi connectivity index (χ4v) is 4.47. The molecule has 0 spiro atoms. The molecule has 0 unspecified atom stereocenters. The number of carbonyl (C=O) groups is 2. The van der Waals surface area contributed by atoms with Gasteiger partial charge in [-0.05, 0) is 84.7 Å². The van der Waals surface area contributed by atoms with Crippen LogP contribution in [0.1, 0.15) is 67.4 Å². The summed E-state index contributed by atoms with van der Waals surface area (Å²) in [4.78, 5) is 29.8. The average Bonchev–Trinajstić information content (AvgIpc) is 3.17. The van der Waals surface area contributed by atoms with Crippen LogP contribution < -0.4 is 9.47 Å². The molecule has 0 atom stereocenters. The molecule has 0 saturated heterocycles. The van der Waals surface area contributed by atoms with Crippen LogP contribution in [0.25, 0.3) is 5.03 Å². The van der Waals surface area contributed by atoms with Crippen molar-refractivity contribution in [1.82, 2.24) is 9.80 Å². The third-order valence-electron chi connectivity index (χ3n) is 5.44. The molecule has 1 aliphatic rings. The lowest BCUT2D eigenvalue weighted by Crippen LogP contribution is -2.42. The van der Waals surface area contributed by atoms with E-state index in [9.17, 15) is 9.59 Å². The van der Waals surface area contributed by atoms with Gasteiger partial charge in [0.1, 0.15) is 0 Å². The van der Waals surface area contributed by atoms with Gasteiger partial charge in [-0.25, -0.2) is 0 Å². The standard InChI is InChI=1S/C26H37ClN2O4/c1-16(2)28(17(3)4)24(30)12-10-21(14-25(31)29(18(5)6)19(7)8)26(27)20-9-11-22-23(13-20)33-15-32-22/h9-13,16-19H,14-15H2,1-8H3/b12-10+,26-21+. The molecule has 2 rings (SSSR count). The van der Waals surface area contributed by atoms with Gasteiger partial charge in [-0.2, -0.15) is 0 Å². The summed E-state index contributed by atoms with van der Waals surface area (Å²) in [6.07, 6.45) is 3.26. The van der Waals surface area contributed by atoms with Gasteiger partial charge in [0.2, 0.25) is 18.6 Å². The van der Waals surface area contributed by atoms with Crippen LogP contribution in [0.3, 0.4) is 0 Å². The van der Waals surface area contributed by atoms with Crippen molar-refractivity contribution in [1.29, 1.82) is 0 Å². The first-order valence-electron chi connectivity index (χ1n) is 11.5. The summed E-state index contributed by atoms with van der Waals surface area (Å²) < 4.78 is 10.9. The highest BCUT2D eigenvalue weighted by Crippen LogP contribution is 2.37. The maximum atomic E-state index is 13.2. The number of hydrogen-bond acceptors (Lipinski definition) is 4. The minimum absolute atomic E-state index is 0.0458. The Morgan fingerprint density at radius 1 is 0.879 bits per heavy atom. The molecule has 0 aromatic heterocycles. The van der Waals surface area contributed by atoms with Crippen molar-refractivity contribution in [2.45, 2.75) is 86.0 Å². The van der Waals surface area contributed by atoms with E-state index < -0.39 is 0 Å². The minimum Gasteiger partial charge on any atom is -0.454 e. The van der Waals surface area contributed by atoms with Gasteiger partial charge in [-0.3, -0.25) is 9.59 Å². The molecule has 0 aliphatic carbocycles. The van der Waals surface area contributed by atoms with Crippen LogP contribution in [-0.2, 0) is 9.59 Å². The lowest BCUT2D eigenvalue weighted by Gasteiger charge is -2.31. The number of fused-ring (bicyclic) bond motifs is 1. The third-order valence-corrected chi connectivity index (χ3v) is 5.91. The van der Waals surface area contributed by atoms with Crippen molar-refractivity contribution in [2.24, 2.45) is 0 Å². The summed E-state index contributed by atoms with van der Waals surface area (Å²) in [5, 5.41) is 0.402. The predicted molar refractivity (Wildman–Crippen MR) is 133 cm³/mol. The summed E-state index contributed by atoms with van der Waals surface area (Å²) >= 11 is 6.81. The predicted octanol–water partition coefficient (Wildman–Crippen LogP) is 5.60. The van der Waals surface area contributed by atoms with Crippen LogP contribution in [0, 0.1) is 0 Å². The number of hydrogen-bond donors (Lipinski definition) is 0. The van der Waals surface area contributed by atoms with Crippen molar-refractivity contribution < 1.29 is 19.1 Å². The number of amides is 2. The van der Waals surface area contributed by atoms with Crippen LogP contribution >= 0.6 is 11.6 Å². The highest BCUT2D eigenvalue weighted by molar-refractivity contribution is 6.49. The minimum atomic E-state index is -0.121. The molecule has 0 N–H and O–H groups in total. The smallest absolute Gasteiger partial charge is 0.247 e. The highest BCUT2D eigenvalue weighted by atomic mass is 35.5. The molecule has 7 heteroatoms. The average molecular weight is 477 g/mol. The van der Waals surface area contributed by atoms with Crippen molar-refractivity contribution in [3.8, 4) is 11.5 Å². The normalized spacial score (nSPS) is 14.0. The first kappa shape index (κ1) is 26.8. The lowest BCUT2D eigenvalue weighted by molar-refractivity contribution is -0.134. The lowest BCUT2D eigenvalue weighted by atomic mass is 10.0. The Hall–Kier alpha value is -2.47. The van der Waals surface area contributed by atoms with E-state index in [1.807, 2.05) is 66.4 Å². The van der Waals surface area contributed by atoms with Crippen LogP contribution in [0.4, 0.5) is 0 Å². The van der Waals surface area contributed by atoms with Gasteiger partial charge >= 0.3 is 0 Å². The Morgan fingerprint density at radius 3 is 1.97 bits per heavy atom. The molecular weight excluding hydrogens is 440 g/mol. The quantitative estimate of drug-likeness (QED) is 0.343. The molecule has 1 aromatic rings. The zero-order valence-corrected chi connectivity index (χ0v) is 21.8. The van der Waals surface area contributed by atoms with Crippen molar-refractivity contribution in [2.75, 3.05) is 6.79 Å². The van der Waals surface area contributed by atoms with Gasteiger partial charge in [0.05, 0.1) is 11.5 Å². The van der Waals surface area contributed by atoms with Crippen molar-refractivity contribution in [3.05, 3.63) is 41.5 Å². The zero-order chi connectivity index (χ0) is 24.9. The van der Waals surface area contributed by atoms with E-state index in [0.29, 0.717) is 27.7 Å². The second-order valence-corrected chi connectivity index (χ2v) is 9.72. The van der Waals surface area contributed by atoms with Crippen molar-refractivity contribution >= 4 is 28.4 Å². The number of allylic oxidation sites excluding steroid dienone is 1. The van der Waals surface area contributed by atoms with Crippen LogP contribution in [0.2, 0.25) is 0 Å². The fourth-order valence-electron chi connectivity index (χ4n) is 4.22. The second kappa shape index (κ2) is 11.6. The first-order valence-corrected chi connectivity index (χ1v) is 11.9. The van der Waals surface area contributed by atoms with Gasteiger partial charge in [0.25, 0.3) is 0 Å². The maximum Gasteiger partial charge on any atom is 0.247 e. The molecule has 0 saturated carbocycles. The van der Waals surface area contributed by atoms with Gasteiger partial charge < -0.3 is 19.3 Å². The van der Waals surface area contributed by atoms with E-state index in [1.165, 1.54) is 6.08 Å². The number of nitrogens with zero attached hydrogens (tertiary/aromatic N) is 2. The molecule has 0 fully saturated rings. The molecule has 1 aromatic carbocycles. The molecule has 0 radical (unpaired) electrons. The van der Waals surface area contributed by atoms with E-state index >= 15 is 0 Å². The van der Waals surface area contributed by atoms with E-state index in [1.54, 1.807) is 23.1 Å². The summed E-state index contributed by atoms with van der Waals surface area (Å²) in [5.41, 5.74) is 1.28. The first-order chi connectivity index (χ1) is 15.4. The summed E-state index contributed by atoms with van der Waals surface area (Å²) in [5.74, 6) is 1.09. The van der Waals surface area contributed by atoms with E-state index in [2.05, 4.69) is 0 Å². The summed E-state index contributed by atoms with van der Waals surface area (Å²) in [7, 11) is 0. The molecule has 6 nitrogen and oxygen atoms in total. The topological polar surface area (TPSA) is 59.1 Å². The van der Waals surface area contributed by atoms with Crippen LogP contribution in [0.5, 0.6) is 11.5 Å². The van der Waals surface area contributed by atoms with Gasteiger partial charge in [0.15, 0.2) is 11.5 Å². The summed E-state index contributed by atoms with van der Waals surface area (Å²) in [6.45, 7) is 16.0. The number of halogens is 1. The Morgan fingerprint density at radius 2 is 1.42 bits per heavy atom. The summed E-state index contributed by atoms with van der Waals surface area (Å²) in [6, 6.07) is 5.62. The number of ether oxygens (including phenoxy) is 2. The Kier molecular flexibility index (Phi) is 9.41. The van der Waals surface area contributed by atoms with E-state index in [4.69, 9.17) is 21.1 Å². The molecular formula is C26H37ClN2O4. The Balaban J connectivity index is 2.46. The molecule has 1 heterocycles. The van der Waals surface area contributed by atoms with Crippen LogP contribution in [-0.4, -0.2) is 52.6 Å².